The van der Waals surface area contributed by atoms with E-state index in [9.17, 15) is 9.59 Å². The number of hydrogen-bond acceptors (Lipinski definition) is 5. The van der Waals surface area contributed by atoms with Crippen molar-refractivity contribution in [2.24, 2.45) is 17.8 Å². The largest absolute Gasteiger partial charge is 0.469 e. The van der Waals surface area contributed by atoms with E-state index in [1.165, 1.54) is 20.0 Å². The SMILES string of the molecule is COC(=O)C(Cc1ccc(-n2c(C)nn(CCC3CCNCC3)c2=O)cc1)C(C)C.Cl. The second kappa shape index (κ2) is 11.5. The summed E-state index contributed by atoms with van der Waals surface area (Å²) in [6.07, 6.45) is 3.94. The number of nitrogens with one attached hydrogen (secondary N) is 1. The molecule has 0 bridgehead atoms. The van der Waals surface area contributed by atoms with Gasteiger partial charge in [0.1, 0.15) is 5.82 Å². The third kappa shape index (κ3) is 6.20. The zero-order chi connectivity index (χ0) is 21.7. The number of halogens is 1. The molecule has 172 valence electrons. The van der Waals surface area contributed by atoms with Crippen LogP contribution in [0.5, 0.6) is 0 Å². The van der Waals surface area contributed by atoms with Crippen molar-refractivity contribution >= 4 is 18.4 Å². The lowest BCUT2D eigenvalue weighted by Crippen LogP contribution is -2.30. The predicted octanol–water partition coefficient (Wildman–Crippen LogP) is 3.14. The highest BCUT2D eigenvalue weighted by molar-refractivity contribution is 5.85. The summed E-state index contributed by atoms with van der Waals surface area (Å²) in [7, 11) is 1.43. The van der Waals surface area contributed by atoms with Crippen molar-refractivity contribution in [3.8, 4) is 5.69 Å². The standard InChI is InChI=1S/C23H34N4O3.ClH/c1-16(2)21(22(28)30-4)15-19-5-7-20(8-6-19)27-17(3)25-26(23(27)29)14-11-18-9-12-24-13-10-18;/h5-8,16,18,21,24H,9-15H2,1-4H3;1H. The van der Waals surface area contributed by atoms with Gasteiger partial charge in [0.25, 0.3) is 0 Å². The molecule has 1 aromatic carbocycles. The van der Waals surface area contributed by atoms with Gasteiger partial charge in [0, 0.05) is 6.54 Å². The van der Waals surface area contributed by atoms with Crippen LogP contribution < -0.4 is 11.0 Å². The number of hydrogen-bond donors (Lipinski definition) is 1. The molecule has 31 heavy (non-hydrogen) atoms. The molecule has 1 aliphatic rings. The summed E-state index contributed by atoms with van der Waals surface area (Å²) in [5.41, 5.74) is 1.75. The predicted molar refractivity (Wildman–Crippen MR) is 124 cm³/mol. The van der Waals surface area contributed by atoms with Crippen LogP contribution >= 0.6 is 12.4 Å². The van der Waals surface area contributed by atoms with E-state index in [1.54, 1.807) is 9.25 Å². The summed E-state index contributed by atoms with van der Waals surface area (Å²) in [5, 5.41) is 7.87. The van der Waals surface area contributed by atoms with Gasteiger partial charge in [-0.25, -0.2) is 14.0 Å². The van der Waals surface area contributed by atoms with E-state index in [-0.39, 0.29) is 35.9 Å². The van der Waals surface area contributed by atoms with E-state index in [1.807, 2.05) is 45.0 Å². The number of carbonyl (C=O) groups excluding carboxylic acids is 1. The Morgan fingerprint density at radius 2 is 1.87 bits per heavy atom. The summed E-state index contributed by atoms with van der Waals surface area (Å²) < 4.78 is 8.19. The van der Waals surface area contributed by atoms with Gasteiger partial charge in [-0.15, -0.1) is 12.4 Å². The highest BCUT2D eigenvalue weighted by Crippen LogP contribution is 2.20. The fraction of sp³-hybridized carbons (Fsp3) is 0.609. The van der Waals surface area contributed by atoms with Crippen molar-refractivity contribution in [3.05, 3.63) is 46.1 Å². The van der Waals surface area contributed by atoms with Crippen molar-refractivity contribution in [1.29, 1.82) is 0 Å². The summed E-state index contributed by atoms with van der Waals surface area (Å²) in [4.78, 5) is 25.0. The van der Waals surface area contributed by atoms with Gasteiger partial charge in [-0.3, -0.25) is 4.79 Å². The fourth-order valence-corrected chi connectivity index (χ4v) is 4.21. The van der Waals surface area contributed by atoms with Gasteiger partial charge in [-0.2, -0.15) is 5.10 Å². The van der Waals surface area contributed by atoms with Crippen LogP contribution in [0.2, 0.25) is 0 Å². The van der Waals surface area contributed by atoms with Gasteiger partial charge in [0.05, 0.1) is 18.7 Å². The highest BCUT2D eigenvalue weighted by Gasteiger charge is 2.23. The number of aryl methyl sites for hydroxylation is 2. The topological polar surface area (TPSA) is 78.2 Å². The molecule has 0 spiro atoms. The molecule has 7 nitrogen and oxygen atoms in total. The molecule has 1 saturated heterocycles. The molecular formula is C23H35ClN4O3. The second-order valence-electron chi connectivity index (χ2n) is 8.61. The minimum atomic E-state index is -0.184. The van der Waals surface area contributed by atoms with E-state index in [4.69, 9.17) is 4.74 Å². The Morgan fingerprint density at radius 1 is 1.23 bits per heavy atom. The molecule has 1 atom stereocenters. The molecule has 0 saturated carbocycles. The van der Waals surface area contributed by atoms with Gasteiger partial charge in [0.2, 0.25) is 0 Å². The van der Waals surface area contributed by atoms with E-state index in [0.717, 1.165) is 30.8 Å². The number of nitrogens with zero attached hydrogens (tertiary/aromatic N) is 3. The van der Waals surface area contributed by atoms with Crippen LogP contribution in [0.15, 0.2) is 29.1 Å². The average Bonchev–Trinajstić information content (AvgIpc) is 3.04. The monoisotopic (exact) mass is 450 g/mol. The molecule has 1 aromatic heterocycles. The van der Waals surface area contributed by atoms with Gasteiger partial charge < -0.3 is 10.1 Å². The lowest BCUT2D eigenvalue weighted by molar-refractivity contribution is -0.146. The minimum Gasteiger partial charge on any atom is -0.469 e. The van der Waals surface area contributed by atoms with Crippen molar-refractivity contribution in [2.45, 2.75) is 53.0 Å². The summed E-state index contributed by atoms with van der Waals surface area (Å²) in [6, 6.07) is 7.81. The van der Waals surface area contributed by atoms with Gasteiger partial charge in [0.15, 0.2) is 0 Å². The Hall–Kier alpha value is -2.12. The van der Waals surface area contributed by atoms with Gasteiger partial charge >= 0.3 is 11.7 Å². The number of benzene rings is 1. The van der Waals surface area contributed by atoms with Crippen LogP contribution in [0, 0.1) is 24.7 Å². The third-order valence-electron chi connectivity index (χ3n) is 6.17. The third-order valence-corrected chi connectivity index (χ3v) is 6.17. The maximum absolute atomic E-state index is 12.9. The van der Waals surface area contributed by atoms with E-state index >= 15 is 0 Å². The van der Waals surface area contributed by atoms with Crippen molar-refractivity contribution in [1.82, 2.24) is 19.7 Å². The molecule has 0 amide bonds. The number of ether oxygens (including phenoxy) is 1. The maximum atomic E-state index is 12.9. The first-order chi connectivity index (χ1) is 14.4. The zero-order valence-corrected chi connectivity index (χ0v) is 19.8. The molecule has 1 fully saturated rings. The van der Waals surface area contributed by atoms with E-state index in [2.05, 4.69) is 10.4 Å². The molecule has 0 radical (unpaired) electrons. The first kappa shape index (κ1) is 25.1. The fourth-order valence-electron chi connectivity index (χ4n) is 4.21. The van der Waals surface area contributed by atoms with Crippen LogP contribution in [0.25, 0.3) is 5.69 Å². The number of methoxy groups -OCH3 is 1. The highest BCUT2D eigenvalue weighted by atomic mass is 35.5. The van der Waals surface area contributed by atoms with Crippen LogP contribution in [-0.2, 0) is 22.5 Å². The van der Waals surface area contributed by atoms with Crippen molar-refractivity contribution < 1.29 is 9.53 Å². The smallest absolute Gasteiger partial charge is 0.350 e. The first-order valence-electron chi connectivity index (χ1n) is 10.9. The molecule has 2 heterocycles. The molecular weight excluding hydrogens is 416 g/mol. The molecule has 8 heteroatoms. The number of rotatable bonds is 8. The Morgan fingerprint density at radius 3 is 2.45 bits per heavy atom. The number of aromatic nitrogens is 3. The van der Waals surface area contributed by atoms with Crippen LogP contribution in [-0.4, -0.2) is 40.5 Å². The zero-order valence-electron chi connectivity index (χ0n) is 19.0. The molecule has 0 aliphatic carbocycles. The normalized spacial score (nSPS) is 15.5. The summed E-state index contributed by atoms with van der Waals surface area (Å²) in [6.45, 7) is 8.70. The van der Waals surface area contributed by atoms with E-state index in [0.29, 0.717) is 24.7 Å². The lowest BCUT2D eigenvalue weighted by atomic mass is 9.89. The molecule has 1 unspecified atom stereocenters. The van der Waals surface area contributed by atoms with Gasteiger partial charge in [-0.05, 0) is 75.2 Å². The summed E-state index contributed by atoms with van der Waals surface area (Å²) >= 11 is 0. The average molecular weight is 451 g/mol. The lowest BCUT2D eigenvalue weighted by Gasteiger charge is -2.22. The van der Waals surface area contributed by atoms with Crippen LogP contribution in [0.3, 0.4) is 0 Å². The summed E-state index contributed by atoms with van der Waals surface area (Å²) in [5.74, 6) is 1.18. The number of esters is 1. The first-order valence-corrected chi connectivity index (χ1v) is 10.9. The Balaban J connectivity index is 0.00000341. The molecule has 1 N–H and O–H groups in total. The maximum Gasteiger partial charge on any atom is 0.350 e. The van der Waals surface area contributed by atoms with Crippen LogP contribution in [0.4, 0.5) is 0 Å². The van der Waals surface area contributed by atoms with E-state index < -0.39 is 0 Å². The Labute approximate surface area is 190 Å². The van der Waals surface area contributed by atoms with Crippen molar-refractivity contribution in [2.75, 3.05) is 20.2 Å². The number of piperidine rings is 1. The Bertz CT molecular complexity index is 899. The second-order valence-corrected chi connectivity index (χ2v) is 8.61. The van der Waals surface area contributed by atoms with Crippen LogP contribution in [0.1, 0.15) is 44.5 Å². The molecule has 1 aliphatic heterocycles. The molecule has 3 rings (SSSR count). The van der Waals surface area contributed by atoms with Crippen molar-refractivity contribution in [3.63, 3.8) is 0 Å². The Kier molecular flexibility index (Phi) is 9.32. The van der Waals surface area contributed by atoms with Gasteiger partial charge in [-0.1, -0.05) is 26.0 Å². The quantitative estimate of drug-likeness (QED) is 0.625. The number of carbonyl (C=O) groups is 1. The molecule has 2 aromatic rings. The minimum absolute atomic E-state index is 0.